The van der Waals surface area contributed by atoms with E-state index in [-0.39, 0.29) is 17.1 Å². The van der Waals surface area contributed by atoms with Crippen LogP contribution in [-0.4, -0.2) is 54.4 Å². The van der Waals surface area contributed by atoms with Crippen LogP contribution >= 0.6 is 11.8 Å². The molecule has 1 unspecified atom stereocenters. The highest BCUT2D eigenvalue weighted by molar-refractivity contribution is 8.05. The molecule has 6 heteroatoms. The van der Waals surface area contributed by atoms with E-state index >= 15 is 0 Å². The summed E-state index contributed by atoms with van der Waals surface area (Å²) in [5.41, 5.74) is 3.59. The summed E-state index contributed by atoms with van der Waals surface area (Å²) in [6, 6.07) is 17.7. The second-order valence-corrected chi connectivity index (χ2v) is 9.23. The molecule has 0 bridgehead atoms. The van der Waals surface area contributed by atoms with Crippen LogP contribution in [0.3, 0.4) is 0 Å². The Morgan fingerprint density at radius 1 is 1.09 bits per heavy atom. The first-order valence-electron chi connectivity index (χ1n) is 11.1. The average molecular weight is 458 g/mol. The molecule has 0 saturated carbocycles. The number of aliphatic imine (C=N–C) groups is 1. The third-order valence-electron chi connectivity index (χ3n) is 5.53. The molecule has 1 aliphatic heterocycles. The smallest absolute Gasteiger partial charge is 0.283 e. The highest BCUT2D eigenvalue weighted by Crippen LogP contribution is 2.32. The summed E-state index contributed by atoms with van der Waals surface area (Å²) in [5, 5.41) is 3.06. The first kappa shape index (κ1) is 23.0. The Morgan fingerprint density at radius 2 is 1.88 bits per heavy atom. The van der Waals surface area contributed by atoms with E-state index in [1.807, 2.05) is 48.6 Å². The summed E-state index contributed by atoms with van der Waals surface area (Å²) in [5.74, 6) is -0.313. The number of benzene rings is 2. The Kier molecular flexibility index (Phi) is 7.70. The fraction of sp³-hybridized carbons (Fsp3) is 0.222. The van der Waals surface area contributed by atoms with Gasteiger partial charge < -0.3 is 10.2 Å². The molecule has 168 valence electrons. The van der Waals surface area contributed by atoms with Gasteiger partial charge in [0.25, 0.3) is 11.8 Å². The van der Waals surface area contributed by atoms with Crippen LogP contribution in [0.2, 0.25) is 0 Å². The number of fused-ring (bicyclic) bond motifs is 1. The molecule has 2 aromatic carbocycles. The third-order valence-corrected chi connectivity index (χ3v) is 6.72. The van der Waals surface area contributed by atoms with Crippen LogP contribution in [0.5, 0.6) is 0 Å². The van der Waals surface area contributed by atoms with Crippen molar-refractivity contribution in [1.82, 2.24) is 10.2 Å². The fourth-order valence-electron chi connectivity index (χ4n) is 3.59. The second kappa shape index (κ2) is 11.1. The van der Waals surface area contributed by atoms with Crippen molar-refractivity contribution in [2.45, 2.75) is 11.7 Å². The molecule has 2 aromatic rings. The average Bonchev–Trinajstić information content (AvgIpc) is 2.84. The first-order valence-corrected chi connectivity index (χ1v) is 11.9. The number of rotatable bonds is 8. The molecule has 33 heavy (non-hydrogen) atoms. The molecular weight excluding hydrogens is 430 g/mol. The molecule has 0 radical (unpaired) electrons. The zero-order chi connectivity index (χ0) is 23.0. The molecule has 4 rings (SSSR count). The number of nitrogens with one attached hydrogen (secondary N) is 1. The largest absolute Gasteiger partial charge is 0.351 e. The minimum Gasteiger partial charge on any atom is -0.351 e. The Hall–Kier alpha value is -3.22. The number of likely N-dealkylation sites (N-methyl/N-ethyl adjacent to an activating group) is 1. The van der Waals surface area contributed by atoms with Crippen molar-refractivity contribution in [2.75, 3.05) is 26.7 Å². The second-order valence-electron chi connectivity index (χ2n) is 8.05. The number of thioether (sulfide) groups is 1. The van der Waals surface area contributed by atoms with Gasteiger partial charge in [-0.1, -0.05) is 60.7 Å². The van der Waals surface area contributed by atoms with Crippen molar-refractivity contribution >= 4 is 35.4 Å². The zero-order valence-electron chi connectivity index (χ0n) is 18.6. The Morgan fingerprint density at radius 3 is 2.67 bits per heavy atom. The van der Waals surface area contributed by atoms with Crippen molar-refractivity contribution < 1.29 is 9.59 Å². The van der Waals surface area contributed by atoms with Gasteiger partial charge in [-0.3, -0.25) is 9.59 Å². The molecule has 0 saturated heterocycles. The number of carbonyl (C=O) groups excluding carboxylic acids is 2. The van der Waals surface area contributed by atoms with Gasteiger partial charge in [-0.05, 0) is 48.9 Å². The molecule has 2 amide bonds. The van der Waals surface area contributed by atoms with Gasteiger partial charge in [-0.25, -0.2) is 4.99 Å². The zero-order valence-corrected chi connectivity index (χ0v) is 19.4. The van der Waals surface area contributed by atoms with E-state index in [2.05, 4.69) is 46.5 Å². The molecule has 1 N–H and O–H groups in total. The van der Waals surface area contributed by atoms with Crippen molar-refractivity contribution in [3.63, 3.8) is 0 Å². The number of hydrogen-bond donors (Lipinski definition) is 1. The molecule has 0 fully saturated rings. The molecule has 1 heterocycles. The summed E-state index contributed by atoms with van der Waals surface area (Å²) in [6.07, 6.45) is 10.6. The van der Waals surface area contributed by atoms with Crippen LogP contribution in [0.15, 0.2) is 88.8 Å². The first-order chi connectivity index (χ1) is 16.1. The molecule has 1 atom stereocenters. The van der Waals surface area contributed by atoms with E-state index in [0.717, 1.165) is 30.8 Å². The van der Waals surface area contributed by atoms with E-state index in [4.69, 9.17) is 0 Å². The minimum absolute atomic E-state index is 0.0785. The van der Waals surface area contributed by atoms with E-state index in [0.29, 0.717) is 17.0 Å². The maximum absolute atomic E-state index is 12.5. The number of nitrogens with zero attached hydrogens (tertiary/aromatic N) is 2. The standard InChI is InChI=1S/C27H27N3O2S/c1-30(17-15-20-7-3-2-4-8-20)18-16-28-26(31)22-13-11-21(12-14-22)19-25-27(32)29-23-9-5-6-10-24(23)33-25/h2-14,19,24H,15-18H2,1H3,(H,28,31)/b25-19+. The van der Waals surface area contributed by atoms with Gasteiger partial charge in [0.1, 0.15) is 0 Å². The summed E-state index contributed by atoms with van der Waals surface area (Å²) < 4.78 is 0. The Bertz CT molecular complexity index is 1120. The summed E-state index contributed by atoms with van der Waals surface area (Å²) in [4.78, 5) is 31.8. The predicted molar refractivity (Wildman–Crippen MR) is 136 cm³/mol. The third kappa shape index (κ3) is 6.40. The number of allylic oxidation sites excluding steroid dienone is 3. The van der Waals surface area contributed by atoms with Crippen LogP contribution < -0.4 is 5.32 Å². The monoisotopic (exact) mass is 457 g/mol. The van der Waals surface area contributed by atoms with Gasteiger partial charge in [0.15, 0.2) is 0 Å². The van der Waals surface area contributed by atoms with Crippen LogP contribution in [0.1, 0.15) is 21.5 Å². The number of amides is 2. The maximum Gasteiger partial charge on any atom is 0.283 e. The lowest BCUT2D eigenvalue weighted by Gasteiger charge is -2.20. The van der Waals surface area contributed by atoms with E-state index in [1.54, 1.807) is 12.1 Å². The highest BCUT2D eigenvalue weighted by atomic mass is 32.2. The SMILES string of the molecule is CN(CCNC(=O)c1ccc(/C=C2/SC3C=CC=CC3=NC2=O)cc1)CCc1ccccc1. The molecular formula is C27H27N3O2S. The lowest BCUT2D eigenvalue weighted by Crippen LogP contribution is -2.33. The normalized spacial score (nSPS) is 18.4. The van der Waals surface area contributed by atoms with Crippen LogP contribution in [0.4, 0.5) is 0 Å². The molecule has 5 nitrogen and oxygen atoms in total. The van der Waals surface area contributed by atoms with E-state index in [9.17, 15) is 9.59 Å². The highest BCUT2D eigenvalue weighted by Gasteiger charge is 2.25. The maximum atomic E-state index is 12.5. The number of hydrogen-bond acceptors (Lipinski definition) is 4. The lowest BCUT2D eigenvalue weighted by atomic mass is 10.1. The van der Waals surface area contributed by atoms with Crippen molar-refractivity contribution in [2.24, 2.45) is 4.99 Å². The molecule has 2 aliphatic rings. The molecule has 0 spiro atoms. The van der Waals surface area contributed by atoms with Gasteiger partial charge in [-0.15, -0.1) is 11.8 Å². The van der Waals surface area contributed by atoms with Gasteiger partial charge >= 0.3 is 0 Å². The minimum atomic E-state index is -0.218. The molecule has 1 aliphatic carbocycles. The summed E-state index contributed by atoms with van der Waals surface area (Å²) in [7, 11) is 2.06. The molecule has 0 aromatic heterocycles. The van der Waals surface area contributed by atoms with E-state index in [1.165, 1.54) is 17.3 Å². The Labute approximate surface area is 199 Å². The summed E-state index contributed by atoms with van der Waals surface area (Å²) in [6.45, 7) is 2.32. The van der Waals surface area contributed by atoms with Crippen LogP contribution in [0, 0.1) is 0 Å². The Balaban J connectivity index is 1.26. The fourth-order valence-corrected chi connectivity index (χ4v) is 4.63. The van der Waals surface area contributed by atoms with Gasteiger partial charge in [0.05, 0.1) is 15.9 Å². The topological polar surface area (TPSA) is 61.8 Å². The van der Waals surface area contributed by atoms with Gasteiger partial charge in [0.2, 0.25) is 0 Å². The van der Waals surface area contributed by atoms with Crippen molar-refractivity contribution in [1.29, 1.82) is 0 Å². The van der Waals surface area contributed by atoms with Crippen LogP contribution in [-0.2, 0) is 11.2 Å². The van der Waals surface area contributed by atoms with Gasteiger partial charge in [0, 0.05) is 25.2 Å². The number of carbonyl (C=O) groups is 2. The summed E-state index contributed by atoms with van der Waals surface area (Å²) >= 11 is 1.50. The lowest BCUT2D eigenvalue weighted by molar-refractivity contribution is -0.113. The van der Waals surface area contributed by atoms with Crippen LogP contribution in [0.25, 0.3) is 6.08 Å². The predicted octanol–water partition coefficient (Wildman–Crippen LogP) is 4.14. The van der Waals surface area contributed by atoms with Crippen molar-refractivity contribution in [3.8, 4) is 0 Å². The van der Waals surface area contributed by atoms with Crippen molar-refractivity contribution in [3.05, 3.63) is 100 Å². The van der Waals surface area contributed by atoms with Gasteiger partial charge in [-0.2, -0.15) is 0 Å². The van der Waals surface area contributed by atoms with E-state index < -0.39 is 0 Å². The quantitative estimate of drug-likeness (QED) is 0.605.